The van der Waals surface area contributed by atoms with Crippen LogP contribution in [0, 0.1) is 5.82 Å². The first kappa shape index (κ1) is 15.9. The number of carbonyl (C=O) groups excluding carboxylic acids is 3. The average molecular weight is 327 g/mol. The smallest absolute Gasteiger partial charge is 0.338 e. The molecule has 1 aliphatic rings. The van der Waals surface area contributed by atoms with E-state index in [0.29, 0.717) is 17.5 Å². The number of esters is 1. The highest BCUT2D eigenvalue weighted by atomic mass is 19.1. The van der Waals surface area contributed by atoms with E-state index in [1.807, 2.05) is 0 Å². The minimum absolute atomic E-state index is 0.0305. The van der Waals surface area contributed by atoms with Crippen molar-refractivity contribution in [3.63, 3.8) is 0 Å². The quantitative estimate of drug-likeness (QED) is 0.481. The molecule has 0 spiro atoms. The summed E-state index contributed by atoms with van der Waals surface area (Å²) < 4.78 is 18.1. The second kappa shape index (κ2) is 6.62. The topological polar surface area (TPSA) is 63.7 Å². The predicted octanol–water partition coefficient (Wildman–Crippen LogP) is 2.67. The van der Waals surface area contributed by atoms with Gasteiger partial charge in [-0.25, -0.2) is 9.18 Å². The molecule has 0 aliphatic carbocycles. The van der Waals surface area contributed by atoms with Gasteiger partial charge < -0.3 is 4.74 Å². The summed E-state index contributed by atoms with van der Waals surface area (Å²) in [7, 11) is 0. The molecular weight excluding hydrogens is 313 g/mol. The normalized spacial score (nSPS) is 13.1. The number of nitrogens with zero attached hydrogens (tertiary/aromatic N) is 1. The van der Waals surface area contributed by atoms with E-state index in [2.05, 4.69) is 0 Å². The van der Waals surface area contributed by atoms with Crippen molar-refractivity contribution < 1.29 is 23.5 Å². The molecule has 0 fully saturated rings. The predicted molar refractivity (Wildman–Crippen MR) is 83.1 cm³/mol. The van der Waals surface area contributed by atoms with Crippen LogP contribution in [0.1, 0.15) is 37.5 Å². The van der Waals surface area contributed by atoms with Gasteiger partial charge in [-0.2, -0.15) is 0 Å². The molecule has 1 heterocycles. The molecule has 2 aromatic rings. The van der Waals surface area contributed by atoms with Crippen LogP contribution in [0.15, 0.2) is 48.5 Å². The van der Waals surface area contributed by atoms with Gasteiger partial charge in [-0.3, -0.25) is 14.5 Å². The van der Waals surface area contributed by atoms with Gasteiger partial charge in [0, 0.05) is 6.54 Å². The van der Waals surface area contributed by atoms with Gasteiger partial charge >= 0.3 is 5.97 Å². The Morgan fingerprint density at radius 1 is 1.00 bits per heavy atom. The van der Waals surface area contributed by atoms with Crippen molar-refractivity contribution in [2.24, 2.45) is 0 Å². The average Bonchev–Trinajstić information content (AvgIpc) is 2.83. The largest absolute Gasteiger partial charge is 0.462 e. The number of benzene rings is 2. The Balaban J connectivity index is 1.52. The van der Waals surface area contributed by atoms with Gasteiger partial charge in [-0.05, 0) is 36.8 Å². The van der Waals surface area contributed by atoms with Crippen molar-refractivity contribution in [3.05, 3.63) is 71.0 Å². The molecule has 0 bridgehead atoms. The maximum absolute atomic E-state index is 13.0. The van der Waals surface area contributed by atoms with Gasteiger partial charge in [-0.1, -0.05) is 18.2 Å². The second-order valence-electron chi connectivity index (χ2n) is 5.31. The Hall–Kier alpha value is -3.02. The molecule has 6 heteroatoms. The van der Waals surface area contributed by atoms with Crippen LogP contribution in [-0.2, 0) is 4.74 Å². The Labute approximate surface area is 137 Å². The first-order valence-corrected chi connectivity index (χ1v) is 7.46. The molecule has 2 aromatic carbocycles. The number of halogens is 1. The molecule has 0 N–H and O–H groups in total. The fraction of sp³-hybridized carbons (Fsp3) is 0.167. The number of carbonyl (C=O) groups is 3. The monoisotopic (exact) mass is 327 g/mol. The highest BCUT2D eigenvalue weighted by Crippen LogP contribution is 2.22. The Bertz CT molecular complexity index is 783. The molecule has 5 nitrogen and oxygen atoms in total. The summed E-state index contributed by atoms with van der Waals surface area (Å²) in [6, 6.07) is 11.8. The number of fused-ring (bicyclic) bond motifs is 1. The molecule has 0 saturated carbocycles. The molecule has 0 atom stereocenters. The maximum atomic E-state index is 13.0. The third kappa shape index (κ3) is 3.03. The molecule has 0 radical (unpaired) electrons. The SMILES string of the molecule is O=C(OCCCN1C(=O)c2ccccc2C1=O)c1cccc(F)c1. The number of amides is 2. The maximum Gasteiger partial charge on any atom is 0.338 e. The van der Waals surface area contributed by atoms with Crippen LogP contribution in [0.2, 0.25) is 0 Å². The van der Waals surface area contributed by atoms with Crippen LogP contribution in [0.4, 0.5) is 4.39 Å². The number of imide groups is 1. The van der Waals surface area contributed by atoms with E-state index >= 15 is 0 Å². The summed E-state index contributed by atoms with van der Waals surface area (Å²) in [5.74, 6) is -1.84. The minimum Gasteiger partial charge on any atom is -0.462 e. The van der Waals surface area contributed by atoms with Crippen molar-refractivity contribution in [2.75, 3.05) is 13.2 Å². The van der Waals surface area contributed by atoms with Crippen LogP contribution in [0.3, 0.4) is 0 Å². The van der Waals surface area contributed by atoms with Crippen molar-refractivity contribution in [2.45, 2.75) is 6.42 Å². The van der Waals surface area contributed by atoms with Crippen molar-refractivity contribution in [3.8, 4) is 0 Å². The Morgan fingerprint density at radius 2 is 1.67 bits per heavy atom. The van der Waals surface area contributed by atoms with Crippen LogP contribution in [-0.4, -0.2) is 35.8 Å². The van der Waals surface area contributed by atoms with E-state index in [1.54, 1.807) is 24.3 Å². The molecule has 3 rings (SSSR count). The van der Waals surface area contributed by atoms with Crippen LogP contribution >= 0.6 is 0 Å². The van der Waals surface area contributed by atoms with Gasteiger partial charge in [0.15, 0.2) is 0 Å². The van der Waals surface area contributed by atoms with Gasteiger partial charge in [0.1, 0.15) is 5.82 Å². The summed E-state index contributed by atoms with van der Waals surface area (Å²) in [4.78, 5) is 37.2. The van der Waals surface area contributed by atoms with E-state index in [-0.39, 0.29) is 30.5 Å². The number of rotatable bonds is 5. The highest BCUT2D eigenvalue weighted by molar-refractivity contribution is 6.21. The van der Waals surface area contributed by atoms with E-state index < -0.39 is 11.8 Å². The van der Waals surface area contributed by atoms with Crippen LogP contribution in [0.25, 0.3) is 0 Å². The van der Waals surface area contributed by atoms with Gasteiger partial charge in [0.05, 0.1) is 23.3 Å². The zero-order valence-corrected chi connectivity index (χ0v) is 12.7. The zero-order chi connectivity index (χ0) is 17.1. The fourth-order valence-electron chi connectivity index (χ4n) is 2.53. The zero-order valence-electron chi connectivity index (χ0n) is 12.7. The summed E-state index contributed by atoms with van der Waals surface area (Å²) in [6.07, 6.45) is 0.312. The van der Waals surface area contributed by atoms with Gasteiger partial charge in [-0.15, -0.1) is 0 Å². The lowest BCUT2D eigenvalue weighted by Gasteiger charge is -2.13. The molecule has 24 heavy (non-hydrogen) atoms. The van der Waals surface area contributed by atoms with E-state index in [9.17, 15) is 18.8 Å². The summed E-state index contributed by atoms with van der Waals surface area (Å²) >= 11 is 0. The molecule has 0 saturated heterocycles. The van der Waals surface area contributed by atoms with Crippen molar-refractivity contribution in [1.82, 2.24) is 4.90 Å². The molecule has 0 unspecified atom stereocenters. The number of ether oxygens (including phenoxy) is 1. The van der Waals surface area contributed by atoms with E-state index in [4.69, 9.17) is 4.74 Å². The Kier molecular flexibility index (Phi) is 4.37. The first-order valence-electron chi connectivity index (χ1n) is 7.46. The lowest BCUT2D eigenvalue weighted by Crippen LogP contribution is -2.31. The van der Waals surface area contributed by atoms with Gasteiger partial charge in [0.25, 0.3) is 11.8 Å². The molecule has 2 amide bonds. The molecular formula is C18H14FNO4. The van der Waals surface area contributed by atoms with Gasteiger partial charge in [0.2, 0.25) is 0 Å². The van der Waals surface area contributed by atoms with E-state index in [1.165, 1.54) is 18.2 Å². The molecule has 1 aliphatic heterocycles. The van der Waals surface area contributed by atoms with Crippen LogP contribution in [0.5, 0.6) is 0 Å². The first-order chi connectivity index (χ1) is 11.6. The minimum atomic E-state index is -0.642. The Morgan fingerprint density at radius 3 is 2.29 bits per heavy atom. The second-order valence-corrected chi connectivity index (χ2v) is 5.31. The summed E-state index contributed by atoms with van der Waals surface area (Å²) in [5, 5.41) is 0. The van der Waals surface area contributed by atoms with Crippen molar-refractivity contribution in [1.29, 1.82) is 0 Å². The number of hydrogen-bond acceptors (Lipinski definition) is 4. The summed E-state index contributed by atoms with van der Waals surface area (Å²) in [6.45, 7) is 0.186. The number of hydrogen-bond donors (Lipinski definition) is 0. The fourth-order valence-corrected chi connectivity index (χ4v) is 2.53. The molecule has 122 valence electrons. The highest BCUT2D eigenvalue weighted by Gasteiger charge is 2.34. The van der Waals surface area contributed by atoms with Crippen LogP contribution < -0.4 is 0 Å². The lowest BCUT2D eigenvalue weighted by molar-refractivity contribution is 0.0482. The van der Waals surface area contributed by atoms with Crippen molar-refractivity contribution >= 4 is 17.8 Å². The van der Waals surface area contributed by atoms with E-state index in [0.717, 1.165) is 11.0 Å². The summed E-state index contributed by atoms with van der Waals surface area (Å²) in [5.41, 5.74) is 0.897. The molecule has 0 aromatic heterocycles. The lowest BCUT2D eigenvalue weighted by atomic mass is 10.1. The third-order valence-electron chi connectivity index (χ3n) is 3.70. The standard InChI is InChI=1S/C18H14FNO4/c19-13-6-3-5-12(11-13)18(23)24-10-4-9-20-16(21)14-7-1-2-8-15(14)17(20)22/h1-3,5-8,11H,4,9-10H2. The third-order valence-corrected chi connectivity index (χ3v) is 3.70.